The fraction of sp³-hybridized carbons (Fsp3) is 0.400. The van der Waals surface area contributed by atoms with Gasteiger partial charge in [-0.25, -0.2) is 0 Å². The van der Waals surface area contributed by atoms with E-state index in [0.29, 0.717) is 5.82 Å². The van der Waals surface area contributed by atoms with Gasteiger partial charge < -0.3 is 4.42 Å². The molecule has 110 valence electrons. The van der Waals surface area contributed by atoms with Crippen molar-refractivity contribution in [1.82, 2.24) is 25.9 Å². The molecule has 1 aromatic carbocycles. The maximum Gasteiger partial charge on any atom is 0.191 e. The maximum absolute atomic E-state index is 6.04. The normalized spacial score (nSPS) is 14.4. The Hall–Kier alpha value is -2.21. The Morgan fingerprint density at radius 2 is 2.05 bits per heavy atom. The molecule has 3 rings (SSSR count). The Kier molecular flexibility index (Phi) is 3.70. The second-order valence-corrected chi connectivity index (χ2v) is 5.17. The van der Waals surface area contributed by atoms with Gasteiger partial charge in [0.15, 0.2) is 5.82 Å². The summed E-state index contributed by atoms with van der Waals surface area (Å²) in [5, 5.41) is 18.7. The second-order valence-electron chi connectivity index (χ2n) is 5.17. The van der Waals surface area contributed by atoms with Gasteiger partial charge >= 0.3 is 0 Å². The van der Waals surface area contributed by atoms with E-state index in [1.807, 2.05) is 25.1 Å². The number of H-pyrrole nitrogens is 1. The highest BCUT2D eigenvalue weighted by molar-refractivity contribution is 5.82. The van der Waals surface area contributed by atoms with Gasteiger partial charge in [0.25, 0.3) is 0 Å². The number of benzene rings is 1. The molecule has 2 unspecified atom stereocenters. The van der Waals surface area contributed by atoms with Gasteiger partial charge in [-0.15, -0.1) is 10.2 Å². The van der Waals surface area contributed by atoms with Crippen LogP contribution < -0.4 is 5.32 Å². The molecule has 0 fully saturated rings. The number of aryl methyl sites for hydroxylation is 1. The lowest BCUT2D eigenvalue weighted by Crippen LogP contribution is -2.23. The molecule has 0 aliphatic rings. The number of furan rings is 1. The zero-order valence-corrected chi connectivity index (χ0v) is 12.4. The fourth-order valence-corrected chi connectivity index (χ4v) is 2.71. The Balaban J connectivity index is 1.89. The first-order valence-corrected chi connectivity index (χ1v) is 7.20. The molecule has 21 heavy (non-hydrogen) atoms. The Bertz CT molecular complexity index is 719. The first-order chi connectivity index (χ1) is 10.2. The van der Waals surface area contributed by atoms with E-state index in [2.05, 4.69) is 45.9 Å². The number of hydrogen-bond donors (Lipinski definition) is 2. The molecule has 2 aromatic heterocycles. The highest BCUT2D eigenvalue weighted by Gasteiger charge is 2.21. The minimum Gasteiger partial charge on any atom is -0.459 e. The highest BCUT2D eigenvalue weighted by atomic mass is 16.3. The number of hydrogen-bond acceptors (Lipinski definition) is 5. The molecule has 2 atom stereocenters. The van der Waals surface area contributed by atoms with Crippen LogP contribution in [0.5, 0.6) is 0 Å². The molecule has 0 bridgehead atoms. The van der Waals surface area contributed by atoms with E-state index < -0.39 is 0 Å². The zero-order valence-electron chi connectivity index (χ0n) is 12.4. The highest BCUT2D eigenvalue weighted by Crippen LogP contribution is 2.31. The summed E-state index contributed by atoms with van der Waals surface area (Å²) in [6.45, 7) is 6.25. The molecule has 0 aliphatic heterocycles. The summed E-state index contributed by atoms with van der Waals surface area (Å²) < 4.78 is 6.04. The monoisotopic (exact) mass is 285 g/mol. The number of tetrazole rings is 1. The van der Waals surface area contributed by atoms with Crippen LogP contribution in [-0.4, -0.2) is 20.6 Å². The molecule has 2 N–H and O–H groups in total. The van der Waals surface area contributed by atoms with Crippen molar-refractivity contribution in [1.29, 1.82) is 0 Å². The van der Waals surface area contributed by atoms with Crippen LogP contribution in [0.15, 0.2) is 28.7 Å². The Labute approximate surface area is 122 Å². The number of aromatic nitrogens is 4. The molecule has 0 spiro atoms. The first kappa shape index (κ1) is 13.8. The largest absolute Gasteiger partial charge is 0.459 e. The summed E-state index contributed by atoms with van der Waals surface area (Å²) in [5.74, 6) is 1.63. The quantitative estimate of drug-likeness (QED) is 0.753. The van der Waals surface area contributed by atoms with Crippen LogP contribution in [0.4, 0.5) is 0 Å². The number of nitrogens with one attached hydrogen (secondary N) is 2. The van der Waals surface area contributed by atoms with Crippen LogP contribution in [0.1, 0.15) is 50.0 Å². The Morgan fingerprint density at radius 1 is 1.24 bits per heavy atom. The van der Waals surface area contributed by atoms with Crippen molar-refractivity contribution in [2.24, 2.45) is 0 Å². The predicted molar refractivity (Wildman–Crippen MR) is 79.7 cm³/mol. The predicted octanol–water partition coefficient (Wildman–Crippen LogP) is 2.92. The molecule has 0 saturated carbocycles. The summed E-state index contributed by atoms with van der Waals surface area (Å²) >= 11 is 0. The van der Waals surface area contributed by atoms with E-state index in [-0.39, 0.29) is 12.1 Å². The van der Waals surface area contributed by atoms with Crippen molar-refractivity contribution in [2.45, 2.75) is 39.3 Å². The molecule has 3 aromatic rings. The van der Waals surface area contributed by atoms with Crippen molar-refractivity contribution >= 4 is 11.0 Å². The molecule has 0 saturated heterocycles. The zero-order chi connectivity index (χ0) is 14.8. The number of fused-ring (bicyclic) bond motifs is 1. The number of aromatic amines is 1. The lowest BCUT2D eigenvalue weighted by molar-refractivity contribution is 0.405. The molecule has 0 aliphatic carbocycles. The molecule has 6 nitrogen and oxygen atoms in total. The van der Waals surface area contributed by atoms with Gasteiger partial charge in [-0.1, -0.05) is 30.3 Å². The lowest BCUT2D eigenvalue weighted by atomic mass is 10.0. The first-order valence-electron chi connectivity index (χ1n) is 7.20. The van der Waals surface area contributed by atoms with Gasteiger partial charge in [0, 0.05) is 10.9 Å². The van der Waals surface area contributed by atoms with Crippen molar-refractivity contribution in [3.8, 4) is 0 Å². The van der Waals surface area contributed by atoms with Gasteiger partial charge in [0.2, 0.25) is 0 Å². The van der Waals surface area contributed by atoms with E-state index >= 15 is 0 Å². The van der Waals surface area contributed by atoms with Crippen LogP contribution in [0.3, 0.4) is 0 Å². The van der Waals surface area contributed by atoms with Gasteiger partial charge in [-0.05, 0) is 26.3 Å². The lowest BCUT2D eigenvalue weighted by Gasteiger charge is -2.16. The minimum absolute atomic E-state index is 0.00308. The van der Waals surface area contributed by atoms with Gasteiger partial charge in [0.1, 0.15) is 11.3 Å². The fourth-order valence-electron chi connectivity index (χ4n) is 2.71. The number of nitrogens with zero attached hydrogens (tertiary/aromatic N) is 3. The van der Waals surface area contributed by atoms with E-state index in [4.69, 9.17) is 4.42 Å². The molecule has 0 amide bonds. The van der Waals surface area contributed by atoms with Crippen LogP contribution >= 0.6 is 0 Å². The topological polar surface area (TPSA) is 79.6 Å². The second kappa shape index (κ2) is 5.65. The van der Waals surface area contributed by atoms with E-state index in [9.17, 15) is 0 Å². The summed E-state index contributed by atoms with van der Waals surface area (Å²) in [6, 6.07) is 8.22. The van der Waals surface area contributed by atoms with Crippen LogP contribution in [0.2, 0.25) is 0 Å². The molecule has 2 heterocycles. The van der Waals surface area contributed by atoms with Crippen molar-refractivity contribution in [3.05, 3.63) is 41.4 Å². The van der Waals surface area contributed by atoms with Gasteiger partial charge in [-0.3, -0.25) is 5.32 Å². The molecular formula is C15H19N5O. The van der Waals surface area contributed by atoms with E-state index in [0.717, 1.165) is 17.8 Å². The average Bonchev–Trinajstić information content (AvgIpc) is 3.14. The van der Waals surface area contributed by atoms with Crippen molar-refractivity contribution in [2.75, 3.05) is 0 Å². The average molecular weight is 285 g/mol. The van der Waals surface area contributed by atoms with E-state index in [1.165, 1.54) is 10.9 Å². The Morgan fingerprint density at radius 3 is 2.76 bits per heavy atom. The molecular weight excluding hydrogens is 266 g/mol. The summed E-state index contributed by atoms with van der Waals surface area (Å²) in [6.07, 6.45) is 0.939. The van der Waals surface area contributed by atoms with Crippen LogP contribution in [0.25, 0.3) is 11.0 Å². The van der Waals surface area contributed by atoms with Gasteiger partial charge in [0.05, 0.1) is 12.1 Å². The third kappa shape index (κ3) is 2.54. The van der Waals surface area contributed by atoms with Gasteiger partial charge in [-0.2, -0.15) is 5.21 Å². The molecule has 0 radical (unpaired) electrons. The minimum atomic E-state index is -0.00308. The maximum atomic E-state index is 6.04. The third-order valence-electron chi connectivity index (χ3n) is 3.73. The number of para-hydroxylation sites is 1. The summed E-state index contributed by atoms with van der Waals surface area (Å²) in [7, 11) is 0. The number of rotatable bonds is 5. The smallest absolute Gasteiger partial charge is 0.191 e. The third-order valence-corrected chi connectivity index (χ3v) is 3.73. The SMILES string of the molecule is CCc1c(C(C)NC(C)c2nn[nH]n2)oc2ccccc12. The van der Waals surface area contributed by atoms with Crippen molar-refractivity contribution in [3.63, 3.8) is 0 Å². The summed E-state index contributed by atoms with van der Waals surface area (Å²) in [4.78, 5) is 0. The summed E-state index contributed by atoms with van der Waals surface area (Å²) in [5.41, 5.74) is 2.19. The van der Waals surface area contributed by atoms with E-state index in [1.54, 1.807) is 0 Å². The van der Waals surface area contributed by atoms with Crippen LogP contribution in [0, 0.1) is 0 Å². The standard InChI is InChI=1S/C15H19N5O/c1-4-11-12-7-5-6-8-13(12)21-14(11)9(2)16-10(3)15-17-19-20-18-15/h5-10,16H,4H2,1-3H3,(H,17,18,19,20). The van der Waals surface area contributed by atoms with Crippen molar-refractivity contribution < 1.29 is 4.42 Å². The molecule has 6 heteroatoms. The van der Waals surface area contributed by atoms with Crippen LogP contribution in [-0.2, 0) is 6.42 Å².